The standard InChI is InChI=1S/C70H72BN3/c1-43-37-44(2)62-64-61(43)68(10)34-19-20-35-69(68,11)74(64)60-42-51(73-57-26-18-17-25-54(57)67(9)36-33-46-22-15-16-24-53(46)70(67,73)12)41-59-63(60)71(62)55-40-50(66(6,7)8)30-32-58(55)72(59)56-31-29-49(65(3,4)5)39-52(56)48-28-27-45-21-13-14-23-47(45)38-48/h13-18,21-32,37-42H,19-20,33-36H2,1-12H3. The Morgan fingerprint density at radius 2 is 1.16 bits per heavy atom. The molecule has 4 heterocycles. The first-order valence-corrected chi connectivity index (χ1v) is 28.0. The van der Waals surface area contributed by atoms with Crippen LogP contribution < -0.4 is 31.1 Å². The van der Waals surface area contributed by atoms with E-state index in [1.54, 1.807) is 5.56 Å². The van der Waals surface area contributed by atoms with E-state index in [9.17, 15) is 0 Å². The van der Waals surface area contributed by atoms with Crippen LogP contribution in [-0.2, 0) is 33.6 Å². The number of hydrogen-bond donors (Lipinski definition) is 0. The number of anilines is 7. The molecule has 4 heteroatoms. The van der Waals surface area contributed by atoms with Gasteiger partial charge < -0.3 is 14.7 Å². The van der Waals surface area contributed by atoms with E-state index in [-0.39, 0.29) is 39.5 Å². The van der Waals surface area contributed by atoms with Crippen molar-refractivity contribution in [1.82, 2.24) is 0 Å². The zero-order chi connectivity index (χ0) is 51.2. The van der Waals surface area contributed by atoms with Crippen molar-refractivity contribution in [2.75, 3.05) is 14.7 Å². The summed E-state index contributed by atoms with van der Waals surface area (Å²) in [6.07, 6.45) is 7.02. The van der Waals surface area contributed by atoms with Crippen LogP contribution in [0.1, 0.15) is 146 Å². The van der Waals surface area contributed by atoms with E-state index in [0.29, 0.717) is 0 Å². The SMILES string of the molecule is Cc1cc(C)c2c3c1B1c4cc(C(C)(C)C)ccc4N(c4ccc(C(C)(C)C)cc4-c4ccc5ccccc5c4)c4cc(N5c6ccccc6C6(C)CCc7ccccc7C56C)cc(c41)N3C1(C)CCCCC21C. The summed E-state index contributed by atoms with van der Waals surface area (Å²) in [4.78, 5) is 8.54. The van der Waals surface area contributed by atoms with Crippen LogP contribution in [0.5, 0.6) is 0 Å². The van der Waals surface area contributed by atoms with E-state index in [1.165, 1.54) is 136 Å². The Hall–Kier alpha value is -6.52. The zero-order valence-electron chi connectivity index (χ0n) is 46.0. The predicted octanol–water partition coefficient (Wildman–Crippen LogP) is 16.3. The molecular weight excluding hydrogens is 894 g/mol. The molecule has 8 aromatic rings. The topological polar surface area (TPSA) is 9.72 Å². The Morgan fingerprint density at radius 1 is 0.500 bits per heavy atom. The maximum absolute atomic E-state index is 2.97. The molecule has 4 aliphatic heterocycles. The minimum absolute atomic E-state index is 0.0155. The smallest absolute Gasteiger partial charge is 0.252 e. The Morgan fingerprint density at radius 3 is 1.93 bits per heavy atom. The molecule has 4 unspecified atom stereocenters. The lowest BCUT2D eigenvalue weighted by Gasteiger charge is -2.54. The van der Waals surface area contributed by atoms with Gasteiger partial charge in [0, 0.05) is 50.5 Å². The van der Waals surface area contributed by atoms with Gasteiger partial charge in [-0.05, 0) is 178 Å². The van der Waals surface area contributed by atoms with Gasteiger partial charge in [-0.2, -0.15) is 0 Å². The van der Waals surface area contributed by atoms with Crippen molar-refractivity contribution in [3.63, 3.8) is 0 Å². The van der Waals surface area contributed by atoms with Crippen molar-refractivity contribution in [1.29, 1.82) is 0 Å². The van der Waals surface area contributed by atoms with Crippen molar-refractivity contribution in [2.45, 2.75) is 154 Å². The summed E-state index contributed by atoms with van der Waals surface area (Å²) in [6, 6.07) is 57.8. The zero-order valence-corrected chi connectivity index (χ0v) is 46.0. The van der Waals surface area contributed by atoms with Crippen molar-refractivity contribution in [2.24, 2.45) is 0 Å². The lowest BCUT2D eigenvalue weighted by Crippen LogP contribution is -2.65. The summed E-state index contributed by atoms with van der Waals surface area (Å²) in [6.45, 7) is 29.6. The van der Waals surface area contributed by atoms with E-state index in [0.717, 1.165) is 19.3 Å². The maximum atomic E-state index is 2.97. The largest absolute Gasteiger partial charge is 0.335 e. The molecular formula is C70H72BN3. The fourth-order valence-electron chi connectivity index (χ4n) is 16.3. The fourth-order valence-corrected chi connectivity index (χ4v) is 16.3. The quantitative estimate of drug-likeness (QED) is 0.163. The van der Waals surface area contributed by atoms with Crippen LogP contribution in [0.2, 0.25) is 0 Å². The molecule has 14 rings (SSSR count). The van der Waals surface area contributed by atoms with Crippen LogP contribution in [0.4, 0.5) is 39.8 Å². The third-order valence-electron chi connectivity index (χ3n) is 20.5. The van der Waals surface area contributed by atoms with E-state index in [2.05, 4.69) is 243 Å². The number of benzene rings is 8. The lowest BCUT2D eigenvalue weighted by molar-refractivity contribution is 0.194. The molecule has 6 aliphatic rings. The van der Waals surface area contributed by atoms with E-state index < -0.39 is 0 Å². The fraction of sp³-hybridized carbons (Fsp3) is 0.343. The van der Waals surface area contributed by atoms with Gasteiger partial charge in [-0.25, -0.2) is 0 Å². The Labute approximate surface area is 441 Å². The first-order valence-electron chi connectivity index (χ1n) is 28.0. The van der Waals surface area contributed by atoms with E-state index in [1.807, 2.05) is 0 Å². The van der Waals surface area contributed by atoms with Gasteiger partial charge >= 0.3 is 0 Å². The number of para-hydroxylation sites is 1. The molecule has 1 fully saturated rings. The summed E-state index contributed by atoms with van der Waals surface area (Å²) in [5, 5.41) is 2.53. The second-order valence-corrected chi connectivity index (χ2v) is 26.4. The lowest BCUT2D eigenvalue weighted by atomic mass is 9.32. The monoisotopic (exact) mass is 966 g/mol. The van der Waals surface area contributed by atoms with E-state index in [4.69, 9.17) is 0 Å². The molecule has 0 amide bonds. The maximum Gasteiger partial charge on any atom is 0.252 e. The summed E-state index contributed by atoms with van der Waals surface area (Å²) in [7, 11) is 0. The molecule has 0 N–H and O–H groups in total. The summed E-state index contributed by atoms with van der Waals surface area (Å²) in [5.41, 5.74) is 27.0. The first-order chi connectivity index (χ1) is 35.3. The van der Waals surface area contributed by atoms with Crippen molar-refractivity contribution in [3.05, 3.63) is 190 Å². The average molecular weight is 966 g/mol. The molecule has 3 nitrogen and oxygen atoms in total. The van der Waals surface area contributed by atoms with Gasteiger partial charge in [-0.15, -0.1) is 0 Å². The highest BCUT2D eigenvalue weighted by atomic mass is 15.3. The molecule has 0 aromatic heterocycles. The van der Waals surface area contributed by atoms with Crippen molar-refractivity contribution in [3.8, 4) is 11.1 Å². The molecule has 0 spiro atoms. The van der Waals surface area contributed by atoms with E-state index >= 15 is 0 Å². The van der Waals surface area contributed by atoms with Crippen LogP contribution in [-0.4, -0.2) is 12.3 Å². The molecule has 1 saturated carbocycles. The minimum atomic E-state index is -0.352. The first kappa shape index (κ1) is 46.0. The highest BCUT2D eigenvalue weighted by molar-refractivity contribution is 7.00. The average Bonchev–Trinajstić information content (AvgIpc) is 3.84. The molecule has 2 aliphatic carbocycles. The number of hydrogen-bond acceptors (Lipinski definition) is 3. The summed E-state index contributed by atoms with van der Waals surface area (Å²) in [5.74, 6) is 0. The molecule has 370 valence electrons. The number of fused-ring (bicyclic) bond motifs is 13. The predicted molar refractivity (Wildman–Crippen MR) is 316 cm³/mol. The number of rotatable bonds is 3. The van der Waals surface area contributed by atoms with Gasteiger partial charge in [0.15, 0.2) is 0 Å². The van der Waals surface area contributed by atoms with Gasteiger partial charge in [0.25, 0.3) is 6.71 Å². The Bertz CT molecular complexity index is 3740. The van der Waals surface area contributed by atoms with Gasteiger partial charge in [0.1, 0.15) is 0 Å². The number of nitrogens with zero attached hydrogens (tertiary/aromatic N) is 3. The van der Waals surface area contributed by atoms with Gasteiger partial charge in [-0.1, -0.05) is 177 Å². The van der Waals surface area contributed by atoms with Crippen LogP contribution in [0.25, 0.3) is 21.9 Å². The number of aryl methyl sites for hydroxylation is 3. The highest BCUT2D eigenvalue weighted by Gasteiger charge is 2.64. The summed E-state index contributed by atoms with van der Waals surface area (Å²) >= 11 is 0. The van der Waals surface area contributed by atoms with Gasteiger partial charge in [0.2, 0.25) is 0 Å². The third-order valence-corrected chi connectivity index (χ3v) is 20.5. The van der Waals surface area contributed by atoms with Gasteiger partial charge in [0.05, 0.1) is 16.8 Å². The van der Waals surface area contributed by atoms with Crippen LogP contribution in [0.3, 0.4) is 0 Å². The molecule has 0 radical (unpaired) electrons. The Balaban J connectivity index is 1.15. The van der Waals surface area contributed by atoms with Gasteiger partial charge in [-0.3, -0.25) is 0 Å². The molecule has 74 heavy (non-hydrogen) atoms. The van der Waals surface area contributed by atoms with Crippen molar-refractivity contribution >= 4 is 73.7 Å². The van der Waals surface area contributed by atoms with Crippen LogP contribution in [0, 0.1) is 13.8 Å². The summed E-state index contributed by atoms with van der Waals surface area (Å²) < 4.78 is 0. The normalized spacial score (nSPS) is 24.0. The third kappa shape index (κ3) is 5.81. The molecule has 0 bridgehead atoms. The molecule has 4 atom stereocenters. The van der Waals surface area contributed by atoms with Crippen LogP contribution >= 0.6 is 0 Å². The Kier molecular flexibility index (Phi) is 9.39. The second-order valence-electron chi connectivity index (χ2n) is 26.4. The molecule has 8 aromatic carbocycles. The van der Waals surface area contributed by atoms with Crippen molar-refractivity contribution < 1.29 is 0 Å². The highest BCUT2D eigenvalue weighted by Crippen LogP contribution is 2.67. The minimum Gasteiger partial charge on any atom is -0.335 e. The second kappa shape index (κ2) is 15.1. The molecule has 0 saturated heterocycles. The van der Waals surface area contributed by atoms with Crippen LogP contribution in [0.15, 0.2) is 146 Å².